The molecule has 0 radical (unpaired) electrons. The van der Waals surface area contributed by atoms with Crippen molar-refractivity contribution >= 4 is 22.5 Å². The number of ketones is 1. The number of nitrogens with one attached hydrogen (secondary N) is 1. The van der Waals surface area contributed by atoms with Crippen molar-refractivity contribution in [1.29, 1.82) is 0 Å². The normalized spacial score (nSPS) is 11.3. The van der Waals surface area contributed by atoms with E-state index in [0.29, 0.717) is 23.3 Å². The van der Waals surface area contributed by atoms with Gasteiger partial charge in [0, 0.05) is 7.05 Å². The van der Waals surface area contributed by atoms with Crippen molar-refractivity contribution in [3.63, 3.8) is 0 Å². The Labute approximate surface area is 200 Å². The topological polar surface area (TPSA) is 136 Å². The molecule has 0 aliphatic rings. The third-order valence-electron chi connectivity index (χ3n) is 5.90. The van der Waals surface area contributed by atoms with Crippen molar-refractivity contribution in [2.45, 2.75) is 20.0 Å². The fourth-order valence-electron chi connectivity index (χ4n) is 3.95. The molecule has 2 heterocycles. The summed E-state index contributed by atoms with van der Waals surface area (Å²) in [7, 11) is 1.32. The van der Waals surface area contributed by atoms with Gasteiger partial charge in [-0.25, -0.2) is 9.78 Å². The van der Waals surface area contributed by atoms with Crippen molar-refractivity contribution in [2.24, 2.45) is 7.05 Å². The van der Waals surface area contributed by atoms with Gasteiger partial charge in [0.1, 0.15) is 17.2 Å². The average molecular weight is 475 g/mol. The summed E-state index contributed by atoms with van der Waals surface area (Å²) in [4.78, 5) is 60.2. The van der Waals surface area contributed by atoms with Crippen molar-refractivity contribution in [3.8, 4) is 0 Å². The number of nitrogens with zero attached hydrogens (tertiary/aromatic N) is 4. The highest BCUT2D eigenvalue weighted by Gasteiger charge is 2.23. The van der Waals surface area contributed by atoms with E-state index in [4.69, 9.17) is 5.73 Å². The first kappa shape index (κ1) is 23.8. The van der Waals surface area contributed by atoms with Crippen LogP contribution in [0.3, 0.4) is 0 Å². The highest BCUT2D eigenvalue weighted by atomic mass is 16.2. The number of para-hydroxylation sites is 1. The molecule has 2 aromatic carbocycles. The predicted octanol–water partition coefficient (Wildman–Crippen LogP) is 1.12. The van der Waals surface area contributed by atoms with Crippen LogP contribution in [0.1, 0.15) is 28.7 Å². The number of fused-ring (bicyclic) bond motifs is 1. The van der Waals surface area contributed by atoms with Gasteiger partial charge in [0.2, 0.25) is 0 Å². The number of anilines is 1. The van der Waals surface area contributed by atoms with E-state index in [9.17, 15) is 19.2 Å². The summed E-state index contributed by atoms with van der Waals surface area (Å²) in [6.45, 7) is 2.47. The van der Waals surface area contributed by atoms with Gasteiger partial charge in [-0.15, -0.1) is 0 Å². The minimum atomic E-state index is -0.741. The number of aromatic nitrogens is 4. The molecular weight excluding hydrogens is 448 g/mol. The second-order valence-corrected chi connectivity index (χ2v) is 8.23. The van der Waals surface area contributed by atoms with Crippen molar-refractivity contribution in [2.75, 3.05) is 18.8 Å². The number of nitrogen functional groups attached to an aromatic ring is 1. The van der Waals surface area contributed by atoms with Gasteiger partial charge in [0.05, 0.1) is 30.5 Å². The van der Waals surface area contributed by atoms with Crippen LogP contribution in [-0.4, -0.2) is 42.9 Å². The quantitative estimate of drug-likeness (QED) is 0.365. The van der Waals surface area contributed by atoms with E-state index in [1.54, 1.807) is 29.2 Å². The molecule has 4 aromatic rings. The first-order valence-electron chi connectivity index (χ1n) is 11.2. The second kappa shape index (κ2) is 9.90. The van der Waals surface area contributed by atoms with Crippen LogP contribution in [0.15, 0.2) is 69.0 Å². The summed E-state index contributed by atoms with van der Waals surface area (Å²) in [6, 6.07) is 16.2. The number of carbonyl (C=O) groups is 1. The molecular formula is C25H26N6O4. The van der Waals surface area contributed by atoms with Crippen LogP contribution in [0.25, 0.3) is 10.9 Å². The Morgan fingerprint density at radius 1 is 1.06 bits per heavy atom. The van der Waals surface area contributed by atoms with Crippen LogP contribution in [0.2, 0.25) is 0 Å². The molecule has 10 nitrogen and oxygen atoms in total. The number of rotatable bonds is 8. The number of H-pyrrole nitrogens is 1. The van der Waals surface area contributed by atoms with Crippen LogP contribution in [0.4, 0.5) is 5.82 Å². The van der Waals surface area contributed by atoms with E-state index in [1.807, 2.05) is 37.3 Å². The fraction of sp³-hybridized carbons (Fsp3) is 0.240. The summed E-state index contributed by atoms with van der Waals surface area (Å²) >= 11 is 0. The van der Waals surface area contributed by atoms with Crippen LogP contribution < -0.4 is 22.5 Å². The molecule has 0 bridgehead atoms. The molecule has 180 valence electrons. The average Bonchev–Trinajstić information content (AvgIpc) is 2.85. The lowest BCUT2D eigenvalue weighted by atomic mass is 10.1. The SMILES string of the molecule is CCN(CC(=O)c1c(N)n(Cc2ccccc2)c(=O)n(C)c1=O)Cc1nc2ccccc2c(=O)[nH]1. The summed E-state index contributed by atoms with van der Waals surface area (Å²) in [5, 5.41) is 0.479. The zero-order chi connectivity index (χ0) is 25.1. The number of aromatic amines is 1. The Morgan fingerprint density at radius 2 is 1.74 bits per heavy atom. The first-order valence-corrected chi connectivity index (χ1v) is 11.2. The zero-order valence-corrected chi connectivity index (χ0v) is 19.5. The number of carbonyl (C=O) groups excluding carboxylic acids is 1. The van der Waals surface area contributed by atoms with E-state index in [-0.39, 0.29) is 36.6 Å². The first-order chi connectivity index (χ1) is 16.8. The minimum absolute atomic E-state index is 0.125. The maximum absolute atomic E-state index is 13.3. The molecule has 0 saturated carbocycles. The standard InChI is InChI=1S/C25H26N6O4/c1-3-30(15-20-27-18-12-8-7-11-17(18)23(33)28-20)14-19(32)21-22(26)31(25(35)29(2)24(21)34)13-16-9-5-4-6-10-16/h4-12H,3,13-15,26H2,1-2H3,(H,27,28,33). The third kappa shape index (κ3) is 4.82. The summed E-state index contributed by atoms with van der Waals surface area (Å²) in [6.07, 6.45) is 0. The zero-order valence-electron chi connectivity index (χ0n) is 19.5. The number of nitrogens with two attached hydrogens (primary N) is 1. The van der Waals surface area contributed by atoms with E-state index in [0.717, 1.165) is 10.1 Å². The molecule has 0 atom stereocenters. The predicted molar refractivity (Wildman–Crippen MR) is 134 cm³/mol. The van der Waals surface area contributed by atoms with E-state index < -0.39 is 17.0 Å². The highest BCUT2D eigenvalue weighted by molar-refractivity contribution is 6.01. The lowest BCUT2D eigenvalue weighted by Gasteiger charge is -2.20. The van der Waals surface area contributed by atoms with Crippen LogP contribution in [0, 0.1) is 0 Å². The van der Waals surface area contributed by atoms with Crippen molar-refractivity contribution in [3.05, 3.63) is 103 Å². The van der Waals surface area contributed by atoms with Gasteiger partial charge in [-0.05, 0) is 24.2 Å². The van der Waals surface area contributed by atoms with E-state index in [1.165, 1.54) is 11.6 Å². The minimum Gasteiger partial charge on any atom is -0.384 e. The second-order valence-electron chi connectivity index (χ2n) is 8.23. The van der Waals surface area contributed by atoms with Gasteiger partial charge < -0.3 is 10.7 Å². The lowest BCUT2D eigenvalue weighted by molar-refractivity contribution is 0.0926. The molecule has 0 fully saturated rings. The van der Waals surface area contributed by atoms with E-state index >= 15 is 0 Å². The van der Waals surface area contributed by atoms with Gasteiger partial charge in [0.25, 0.3) is 11.1 Å². The van der Waals surface area contributed by atoms with Crippen LogP contribution in [-0.2, 0) is 20.1 Å². The van der Waals surface area contributed by atoms with Gasteiger partial charge in [-0.3, -0.25) is 28.4 Å². The molecule has 4 rings (SSSR count). The molecule has 10 heteroatoms. The van der Waals surface area contributed by atoms with Crippen molar-refractivity contribution < 1.29 is 4.79 Å². The third-order valence-corrected chi connectivity index (χ3v) is 5.90. The maximum Gasteiger partial charge on any atom is 0.332 e. The summed E-state index contributed by atoms with van der Waals surface area (Å²) in [5.41, 5.74) is 5.73. The smallest absolute Gasteiger partial charge is 0.332 e. The molecule has 3 N–H and O–H groups in total. The Bertz CT molecular complexity index is 1570. The van der Waals surface area contributed by atoms with Crippen LogP contribution >= 0.6 is 0 Å². The Balaban J connectivity index is 1.64. The molecule has 0 aliphatic heterocycles. The Kier molecular flexibility index (Phi) is 6.74. The van der Waals surface area contributed by atoms with Crippen molar-refractivity contribution in [1.82, 2.24) is 24.0 Å². The Hall–Kier alpha value is -4.31. The van der Waals surface area contributed by atoms with Gasteiger partial charge in [-0.2, -0.15) is 0 Å². The van der Waals surface area contributed by atoms with Crippen LogP contribution in [0.5, 0.6) is 0 Å². The molecule has 0 amide bonds. The number of hydrogen-bond donors (Lipinski definition) is 2. The molecule has 0 unspecified atom stereocenters. The lowest BCUT2D eigenvalue weighted by Crippen LogP contribution is -2.44. The highest BCUT2D eigenvalue weighted by Crippen LogP contribution is 2.12. The number of benzene rings is 2. The van der Waals surface area contributed by atoms with E-state index in [2.05, 4.69) is 9.97 Å². The Morgan fingerprint density at radius 3 is 2.46 bits per heavy atom. The monoisotopic (exact) mass is 474 g/mol. The molecule has 2 aromatic heterocycles. The van der Waals surface area contributed by atoms with Gasteiger partial charge in [-0.1, -0.05) is 49.4 Å². The number of hydrogen-bond acceptors (Lipinski definition) is 7. The molecule has 0 spiro atoms. The van der Waals surface area contributed by atoms with Gasteiger partial charge in [0.15, 0.2) is 5.78 Å². The molecule has 35 heavy (non-hydrogen) atoms. The molecule has 0 aliphatic carbocycles. The number of likely N-dealkylation sites (N-methyl/N-ethyl adjacent to an activating group) is 1. The summed E-state index contributed by atoms with van der Waals surface area (Å²) < 4.78 is 2.12. The maximum atomic E-state index is 13.3. The molecule has 0 saturated heterocycles. The largest absolute Gasteiger partial charge is 0.384 e. The summed E-state index contributed by atoms with van der Waals surface area (Å²) in [5.74, 6) is -0.284. The number of Topliss-reactive ketones (excluding diaryl/α,β-unsaturated/α-hetero) is 1. The fourth-order valence-corrected chi connectivity index (χ4v) is 3.95. The van der Waals surface area contributed by atoms with Gasteiger partial charge >= 0.3 is 5.69 Å².